The number of piperidine rings is 1. The van der Waals surface area contributed by atoms with E-state index < -0.39 is 0 Å². The highest BCUT2D eigenvalue weighted by molar-refractivity contribution is 6.00. The molecule has 1 aliphatic heterocycles. The van der Waals surface area contributed by atoms with Gasteiger partial charge in [-0.3, -0.25) is 4.79 Å². The zero-order valence-electron chi connectivity index (χ0n) is 19.0. The molecule has 0 unspecified atom stereocenters. The zero-order chi connectivity index (χ0) is 22.3. The van der Waals surface area contributed by atoms with Crippen LogP contribution >= 0.6 is 0 Å². The van der Waals surface area contributed by atoms with Gasteiger partial charge in [0.05, 0.1) is 18.4 Å². The number of unbranched alkanes of at least 4 members (excludes halogenated alkanes) is 1. The molecule has 1 aromatic heterocycles. The number of rotatable bonds is 8. The number of hydrogen-bond acceptors (Lipinski definition) is 4. The summed E-state index contributed by atoms with van der Waals surface area (Å²) in [5, 5.41) is 8.04. The molecule has 0 bridgehead atoms. The second-order valence-corrected chi connectivity index (χ2v) is 8.34. The Morgan fingerprint density at radius 3 is 2.47 bits per heavy atom. The molecule has 1 aliphatic rings. The van der Waals surface area contributed by atoms with Gasteiger partial charge in [0.1, 0.15) is 11.4 Å². The molecule has 168 valence electrons. The second kappa shape index (κ2) is 10.5. The number of aromatic nitrogens is 2. The molecular formula is C26H32N4O2. The van der Waals surface area contributed by atoms with Crippen LogP contribution in [0.2, 0.25) is 0 Å². The molecule has 0 radical (unpaired) electrons. The summed E-state index contributed by atoms with van der Waals surface area (Å²) in [5.74, 6) is 0.710. The van der Waals surface area contributed by atoms with E-state index in [0.29, 0.717) is 11.3 Å². The van der Waals surface area contributed by atoms with Crippen molar-refractivity contribution in [3.63, 3.8) is 0 Å². The summed E-state index contributed by atoms with van der Waals surface area (Å²) < 4.78 is 7.06. The fourth-order valence-corrected chi connectivity index (χ4v) is 4.16. The van der Waals surface area contributed by atoms with Crippen molar-refractivity contribution in [2.24, 2.45) is 0 Å². The van der Waals surface area contributed by atoms with Crippen molar-refractivity contribution in [2.45, 2.75) is 38.6 Å². The van der Waals surface area contributed by atoms with Gasteiger partial charge in [0, 0.05) is 30.9 Å². The van der Waals surface area contributed by atoms with Crippen molar-refractivity contribution in [3.8, 4) is 22.7 Å². The van der Waals surface area contributed by atoms with Crippen molar-refractivity contribution in [2.75, 3.05) is 26.7 Å². The maximum atomic E-state index is 13.3. The smallest absolute Gasteiger partial charge is 0.255 e. The number of amides is 1. The van der Waals surface area contributed by atoms with Gasteiger partial charge in [-0.1, -0.05) is 31.5 Å². The van der Waals surface area contributed by atoms with E-state index in [1.165, 1.54) is 12.8 Å². The van der Waals surface area contributed by atoms with E-state index in [4.69, 9.17) is 9.84 Å². The number of ether oxygens (including phenoxy) is 1. The van der Waals surface area contributed by atoms with E-state index in [9.17, 15) is 4.79 Å². The van der Waals surface area contributed by atoms with Gasteiger partial charge in [0.15, 0.2) is 0 Å². The van der Waals surface area contributed by atoms with Crippen LogP contribution in [-0.2, 0) is 0 Å². The summed E-state index contributed by atoms with van der Waals surface area (Å²) in [6, 6.07) is 17.7. The van der Waals surface area contributed by atoms with E-state index in [1.807, 2.05) is 60.8 Å². The van der Waals surface area contributed by atoms with E-state index in [2.05, 4.69) is 17.1 Å². The molecule has 0 saturated carbocycles. The minimum absolute atomic E-state index is 0.0648. The number of benzene rings is 2. The zero-order valence-corrected chi connectivity index (χ0v) is 19.0. The fraction of sp³-hybridized carbons (Fsp3) is 0.385. The Balaban J connectivity index is 1.55. The summed E-state index contributed by atoms with van der Waals surface area (Å²) in [6.07, 6.45) is 6.26. The molecule has 1 fully saturated rings. The Labute approximate surface area is 190 Å². The van der Waals surface area contributed by atoms with Crippen LogP contribution < -0.4 is 10.1 Å². The van der Waals surface area contributed by atoms with Crippen molar-refractivity contribution >= 4 is 5.91 Å². The Hall–Kier alpha value is -3.12. The van der Waals surface area contributed by atoms with Gasteiger partial charge in [0.2, 0.25) is 0 Å². The first-order chi connectivity index (χ1) is 15.7. The fourth-order valence-electron chi connectivity index (χ4n) is 4.16. The third-order valence-electron chi connectivity index (χ3n) is 6.09. The Morgan fingerprint density at radius 2 is 1.81 bits per heavy atom. The van der Waals surface area contributed by atoms with E-state index in [1.54, 1.807) is 11.8 Å². The number of likely N-dealkylation sites (tertiary alicyclic amines) is 1. The van der Waals surface area contributed by atoms with Crippen LogP contribution in [0.25, 0.3) is 16.9 Å². The maximum absolute atomic E-state index is 13.3. The first-order valence-corrected chi connectivity index (χ1v) is 11.5. The molecule has 2 heterocycles. The van der Waals surface area contributed by atoms with Crippen LogP contribution in [0.4, 0.5) is 0 Å². The van der Waals surface area contributed by atoms with Crippen molar-refractivity contribution < 1.29 is 9.53 Å². The van der Waals surface area contributed by atoms with Crippen LogP contribution in [0, 0.1) is 0 Å². The molecule has 0 atom stereocenters. The molecule has 1 saturated heterocycles. The molecule has 0 aliphatic carbocycles. The normalized spacial score (nSPS) is 14.9. The molecule has 6 nitrogen and oxygen atoms in total. The molecule has 2 aromatic carbocycles. The van der Waals surface area contributed by atoms with E-state index in [-0.39, 0.29) is 11.9 Å². The summed E-state index contributed by atoms with van der Waals surface area (Å²) in [7, 11) is 1.64. The summed E-state index contributed by atoms with van der Waals surface area (Å²) in [6.45, 7) is 5.46. The lowest BCUT2D eigenvalue weighted by molar-refractivity contribution is 0.0911. The quantitative estimate of drug-likeness (QED) is 0.568. The monoisotopic (exact) mass is 432 g/mol. The van der Waals surface area contributed by atoms with Crippen LogP contribution in [0.15, 0.2) is 60.8 Å². The summed E-state index contributed by atoms with van der Waals surface area (Å²) in [5.41, 5.74) is 3.08. The van der Waals surface area contributed by atoms with Gasteiger partial charge in [0.25, 0.3) is 5.91 Å². The van der Waals surface area contributed by atoms with Crippen LogP contribution in [0.3, 0.4) is 0 Å². The number of nitrogens with zero attached hydrogens (tertiary/aromatic N) is 3. The average molecular weight is 433 g/mol. The number of para-hydroxylation sites is 1. The molecule has 6 heteroatoms. The maximum Gasteiger partial charge on any atom is 0.255 e. The van der Waals surface area contributed by atoms with Gasteiger partial charge >= 0.3 is 0 Å². The number of nitrogens with one attached hydrogen (secondary N) is 1. The van der Waals surface area contributed by atoms with Gasteiger partial charge in [-0.25, -0.2) is 4.68 Å². The van der Waals surface area contributed by atoms with E-state index in [0.717, 1.165) is 49.5 Å². The first-order valence-electron chi connectivity index (χ1n) is 11.5. The van der Waals surface area contributed by atoms with Crippen molar-refractivity contribution in [1.82, 2.24) is 20.0 Å². The highest BCUT2D eigenvalue weighted by atomic mass is 16.5. The molecule has 3 aromatic rings. The largest absolute Gasteiger partial charge is 0.497 e. The van der Waals surface area contributed by atoms with Gasteiger partial charge in [-0.15, -0.1) is 0 Å². The van der Waals surface area contributed by atoms with Gasteiger partial charge < -0.3 is 15.0 Å². The SMILES string of the molecule is CCCCN1CCC(NC(=O)c2cn(-c3ccccc3)nc2-c2ccc(OC)cc2)CC1. The minimum Gasteiger partial charge on any atom is -0.497 e. The third kappa shape index (κ3) is 5.19. The molecular weight excluding hydrogens is 400 g/mol. The lowest BCUT2D eigenvalue weighted by atomic mass is 10.0. The van der Waals surface area contributed by atoms with Gasteiger partial charge in [-0.05, 0) is 62.2 Å². The third-order valence-corrected chi connectivity index (χ3v) is 6.09. The molecule has 1 amide bonds. The standard InChI is InChI=1S/C26H32N4O2/c1-3-4-16-29-17-14-21(15-18-29)27-26(31)24-19-30(22-8-6-5-7-9-22)28-25(24)20-10-12-23(32-2)13-11-20/h5-13,19,21H,3-4,14-18H2,1-2H3,(H,27,31). The topological polar surface area (TPSA) is 59.4 Å². The predicted molar refractivity (Wildman–Crippen MR) is 127 cm³/mol. The highest BCUT2D eigenvalue weighted by Crippen LogP contribution is 2.26. The number of hydrogen-bond donors (Lipinski definition) is 1. The number of carbonyl (C=O) groups excluding carboxylic acids is 1. The van der Waals surface area contributed by atoms with Crippen LogP contribution in [-0.4, -0.2) is 53.4 Å². The molecule has 1 N–H and O–H groups in total. The first kappa shape index (κ1) is 22.1. The number of carbonyl (C=O) groups is 1. The van der Waals surface area contributed by atoms with E-state index >= 15 is 0 Å². The minimum atomic E-state index is -0.0648. The van der Waals surface area contributed by atoms with Crippen LogP contribution in [0.5, 0.6) is 5.75 Å². The Bertz CT molecular complexity index is 1010. The highest BCUT2D eigenvalue weighted by Gasteiger charge is 2.24. The van der Waals surface area contributed by atoms with Crippen molar-refractivity contribution in [1.29, 1.82) is 0 Å². The lowest BCUT2D eigenvalue weighted by Gasteiger charge is -2.32. The molecule has 0 spiro atoms. The number of methoxy groups -OCH3 is 1. The lowest BCUT2D eigenvalue weighted by Crippen LogP contribution is -2.44. The summed E-state index contributed by atoms with van der Waals surface area (Å²) in [4.78, 5) is 15.8. The Kier molecular flexibility index (Phi) is 7.22. The molecule has 4 rings (SSSR count). The van der Waals surface area contributed by atoms with Crippen LogP contribution in [0.1, 0.15) is 43.0 Å². The van der Waals surface area contributed by atoms with Gasteiger partial charge in [-0.2, -0.15) is 5.10 Å². The Morgan fingerprint density at radius 1 is 1.09 bits per heavy atom. The second-order valence-electron chi connectivity index (χ2n) is 8.34. The predicted octanol–water partition coefficient (Wildman–Crippen LogP) is 4.54. The average Bonchev–Trinajstić information content (AvgIpc) is 3.30. The van der Waals surface area contributed by atoms with Crippen molar-refractivity contribution in [3.05, 3.63) is 66.4 Å². The molecule has 32 heavy (non-hydrogen) atoms. The summed E-state index contributed by atoms with van der Waals surface area (Å²) >= 11 is 0.